The lowest BCUT2D eigenvalue weighted by Gasteiger charge is -2.17. The average Bonchev–Trinajstić information content (AvgIpc) is 3.06. The Labute approximate surface area is 185 Å². The normalized spacial score (nSPS) is 11.5. The van der Waals surface area contributed by atoms with Crippen LogP contribution in [0.5, 0.6) is 0 Å². The molecule has 0 saturated carbocycles. The van der Waals surface area contributed by atoms with Gasteiger partial charge in [-0.3, -0.25) is 0 Å². The predicted molar refractivity (Wildman–Crippen MR) is 134 cm³/mol. The summed E-state index contributed by atoms with van der Waals surface area (Å²) in [5.74, 6) is 0. The van der Waals surface area contributed by atoms with Crippen molar-refractivity contribution in [2.75, 3.05) is 0 Å². The molecule has 154 valence electrons. The van der Waals surface area contributed by atoms with Crippen LogP contribution in [-0.4, -0.2) is 4.40 Å². The maximum atomic E-state index is 2.42. The molecule has 0 saturated heterocycles. The van der Waals surface area contributed by atoms with Crippen LogP contribution in [0.25, 0.3) is 38.7 Å². The van der Waals surface area contributed by atoms with Gasteiger partial charge < -0.3 is 4.40 Å². The second kappa shape index (κ2) is 7.13. The molecule has 1 heteroatoms. The van der Waals surface area contributed by atoms with Crippen LogP contribution in [0, 0.1) is 41.5 Å². The lowest BCUT2D eigenvalue weighted by molar-refractivity contribution is 1.22. The fourth-order valence-corrected chi connectivity index (χ4v) is 5.36. The fourth-order valence-electron chi connectivity index (χ4n) is 5.36. The summed E-state index contributed by atoms with van der Waals surface area (Å²) in [5.41, 5.74) is 15.7. The molecule has 0 radical (unpaired) electrons. The number of aromatic nitrogens is 1. The van der Waals surface area contributed by atoms with Crippen LogP contribution in [0.1, 0.15) is 33.4 Å². The number of benzene rings is 3. The molecule has 2 heterocycles. The van der Waals surface area contributed by atoms with Crippen molar-refractivity contribution in [2.45, 2.75) is 41.5 Å². The molecule has 0 aliphatic rings. The molecule has 0 aliphatic heterocycles. The summed E-state index contributed by atoms with van der Waals surface area (Å²) in [6.45, 7) is 13.3. The van der Waals surface area contributed by atoms with E-state index in [0.717, 1.165) is 0 Å². The van der Waals surface area contributed by atoms with Gasteiger partial charge in [0.2, 0.25) is 0 Å². The largest absolute Gasteiger partial charge is 0.315 e. The van der Waals surface area contributed by atoms with Gasteiger partial charge in [0.25, 0.3) is 0 Å². The Kier molecular flexibility index (Phi) is 4.51. The second-order valence-electron chi connectivity index (χ2n) is 9.10. The van der Waals surface area contributed by atoms with Crippen LogP contribution in [0.4, 0.5) is 0 Å². The zero-order valence-corrected chi connectivity index (χ0v) is 19.3. The third-order valence-corrected chi connectivity index (χ3v) is 6.63. The molecule has 0 atom stereocenters. The van der Waals surface area contributed by atoms with Crippen molar-refractivity contribution in [3.8, 4) is 22.3 Å². The molecule has 0 amide bonds. The Hall–Kier alpha value is -3.32. The minimum absolute atomic E-state index is 1.27. The molecular weight excluding hydrogens is 374 g/mol. The first kappa shape index (κ1) is 19.6. The SMILES string of the molecule is Cc1cc(C)c2c(c1)cc1c(-c3c(C)cccc3C)cc(-c3c(C)cccc3C)cn12. The van der Waals surface area contributed by atoms with Crippen LogP contribution in [0.15, 0.2) is 66.9 Å². The third kappa shape index (κ3) is 3.08. The second-order valence-corrected chi connectivity index (χ2v) is 9.10. The smallest absolute Gasteiger partial charge is 0.0558 e. The van der Waals surface area contributed by atoms with Crippen LogP contribution in [0.2, 0.25) is 0 Å². The summed E-state index contributed by atoms with van der Waals surface area (Å²) in [4.78, 5) is 0. The van der Waals surface area contributed by atoms with E-state index in [2.05, 4.69) is 113 Å². The molecule has 2 aromatic heterocycles. The lowest BCUT2D eigenvalue weighted by atomic mass is 9.91. The molecule has 31 heavy (non-hydrogen) atoms. The van der Waals surface area contributed by atoms with E-state index < -0.39 is 0 Å². The van der Waals surface area contributed by atoms with Gasteiger partial charge in [-0.05, 0) is 104 Å². The van der Waals surface area contributed by atoms with E-state index in [1.165, 1.54) is 72.1 Å². The van der Waals surface area contributed by atoms with Crippen molar-refractivity contribution in [2.24, 2.45) is 0 Å². The summed E-state index contributed by atoms with van der Waals surface area (Å²) >= 11 is 0. The van der Waals surface area contributed by atoms with Gasteiger partial charge in [-0.1, -0.05) is 48.0 Å². The highest BCUT2D eigenvalue weighted by Crippen LogP contribution is 2.39. The number of fused-ring (bicyclic) bond motifs is 3. The number of rotatable bonds is 2. The van der Waals surface area contributed by atoms with Gasteiger partial charge in [-0.15, -0.1) is 0 Å². The Bertz CT molecular complexity index is 1440. The van der Waals surface area contributed by atoms with Gasteiger partial charge in [0.15, 0.2) is 0 Å². The Morgan fingerprint density at radius 2 is 1.16 bits per heavy atom. The van der Waals surface area contributed by atoms with Crippen LogP contribution in [0.3, 0.4) is 0 Å². The van der Waals surface area contributed by atoms with Gasteiger partial charge in [0, 0.05) is 17.1 Å². The number of hydrogen-bond acceptors (Lipinski definition) is 0. The number of nitrogens with zero attached hydrogens (tertiary/aromatic N) is 1. The number of aryl methyl sites for hydroxylation is 6. The fraction of sp³-hybridized carbons (Fsp3) is 0.200. The summed E-state index contributed by atoms with van der Waals surface area (Å²) in [7, 11) is 0. The number of pyridine rings is 1. The molecule has 0 aliphatic carbocycles. The summed E-state index contributed by atoms with van der Waals surface area (Å²) in [5, 5.41) is 1.31. The van der Waals surface area contributed by atoms with E-state index in [-0.39, 0.29) is 0 Å². The highest BCUT2D eigenvalue weighted by molar-refractivity contribution is 5.98. The van der Waals surface area contributed by atoms with Gasteiger partial charge in [-0.2, -0.15) is 0 Å². The third-order valence-electron chi connectivity index (χ3n) is 6.63. The van der Waals surface area contributed by atoms with Crippen molar-refractivity contribution in [3.05, 3.63) is 100 Å². The monoisotopic (exact) mass is 403 g/mol. The lowest BCUT2D eigenvalue weighted by Crippen LogP contribution is -1.97. The topological polar surface area (TPSA) is 4.41 Å². The molecule has 5 rings (SSSR count). The first-order valence-corrected chi connectivity index (χ1v) is 11.0. The Morgan fingerprint density at radius 1 is 0.581 bits per heavy atom. The highest BCUT2D eigenvalue weighted by Gasteiger charge is 2.17. The molecule has 5 aromatic rings. The summed E-state index contributed by atoms with van der Waals surface area (Å²) < 4.78 is 2.42. The van der Waals surface area contributed by atoms with Gasteiger partial charge >= 0.3 is 0 Å². The maximum Gasteiger partial charge on any atom is 0.0558 e. The van der Waals surface area contributed by atoms with E-state index in [1.807, 2.05) is 0 Å². The van der Waals surface area contributed by atoms with Crippen molar-refractivity contribution >= 4 is 16.4 Å². The van der Waals surface area contributed by atoms with Crippen LogP contribution < -0.4 is 0 Å². The molecular formula is C30H29N. The first-order chi connectivity index (χ1) is 14.8. The minimum Gasteiger partial charge on any atom is -0.315 e. The maximum absolute atomic E-state index is 2.42. The van der Waals surface area contributed by atoms with Gasteiger partial charge in [0.05, 0.1) is 11.0 Å². The van der Waals surface area contributed by atoms with E-state index in [1.54, 1.807) is 0 Å². The average molecular weight is 404 g/mol. The minimum atomic E-state index is 1.27. The van der Waals surface area contributed by atoms with Crippen LogP contribution in [-0.2, 0) is 0 Å². The molecule has 1 nitrogen and oxygen atoms in total. The zero-order chi connectivity index (χ0) is 21.9. The quantitative estimate of drug-likeness (QED) is 0.279. The van der Waals surface area contributed by atoms with E-state index in [4.69, 9.17) is 0 Å². The van der Waals surface area contributed by atoms with Gasteiger partial charge in [0.1, 0.15) is 0 Å². The Balaban J connectivity index is 1.99. The van der Waals surface area contributed by atoms with Crippen LogP contribution >= 0.6 is 0 Å². The summed E-state index contributed by atoms with van der Waals surface area (Å²) in [6.07, 6.45) is 2.34. The van der Waals surface area contributed by atoms with Crippen molar-refractivity contribution in [3.63, 3.8) is 0 Å². The molecule has 3 aromatic carbocycles. The molecule has 0 spiro atoms. The first-order valence-electron chi connectivity index (χ1n) is 11.0. The van der Waals surface area contributed by atoms with Crippen molar-refractivity contribution in [1.29, 1.82) is 0 Å². The number of hydrogen-bond donors (Lipinski definition) is 0. The molecule has 0 unspecified atom stereocenters. The van der Waals surface area contributed by atoms with E-state index in [9.17, 15) is 0 Å². The van der Waals surface area contributed by atoms with Gasteiger partial charge in [-0.25, -0.2) is 0 Å². The molecule has 0 bridgehead atoms. The predicted octanol–water partition coefficient (Wildman–Crippen LogP) is 8.28. The van der Waals surface area contributed by atoms with E-state index in [0.29, 0.717) is 0 Å². The Morgan fingerprint density at radius 3 is 1.77 bits per heavy atom. The standard InChI is InChI=1S/C30H29N/c1-18-13-23(6)30-24(14-18)16-27-26(29-21(4)11-8-12-22(29)5)15-25(17-31(27)30)28-19(2)9-7-10-20(28)3/h7-17H,1-6H3. The summed E-state index contributed by atoms with van der Waals surface area (Å²) in [6, 6.07) is 22.6. The molecule has 0 N–H and O–H groups in total. The van der Waals surface area contributed by atoms with E-state index >= 15 is 0 Å². The molecule has 0 fully saturated rings. The van der Waals surface area contributed by atoms with Crippen molar-refractivity contribution in [1.82, 2.24) is 4.40 Å². The van der Waals surface area contributed by atoms with Crippen molar-refractivity contribution < 1.29 is 0 Å². The zero-order valence-electron chi connectivity index (χ0n) is 19.3. The highest BCUT2D eigenvalue weighted by atomic mass is 14.9.